The summed E-state index contributed by atoms with van der Waals surface area (Å²) < 4.78 is 48.3. The minimum atomic E-state index is -4.46. The summed E-state index contributed by atoms with van der Waals surface area (Å²) in [5, 5.41) is 15.0. The number of hydrazone groups is 1. The summed E-state index contributed by atoms with van der Waals surface area (Å²) in [5.74, 6) is 1.54. The van der Waals surface area contributed by atoms with E-state index in [9.17, 15) is 13.2 Å². The van der Waals surface area contributed by atoms with Gasteiger partial charge in [-0.1, -0.05) is 6.07 Å². The van der Waals surface area contributed by atoms with Crippen LogP contribution in [-0.4, -0.2) is 72.0 Å². The number of piperazine rings is 1. The van der Waals surface area contributed by atoms with Gasteiger partial charge >= 0.3 is 6.18 Å². The van der Waals surface area contributed by atoms with Crippen LogP contribution >= 0.6 is 0 Å². The molecule has 0 radical (unpaired) electrons. The SMILES string of the molecule is COc1ccc(CN2C3CC2CN(c2ccc(C4=CC(OCC(F)(F)F)=CN/C4=C4/C=NNC4=N)cn2)C3)cn1. The molecule has 40 heavy (non-hydrogen) atoms. The third kappa shape index (κ3) is 5.24. The number of hydrogen-bond acceptors (Lipinski definition) is 9. The molecule has 2 aromatic heterocycles. The maximum absolute atomic E-state index is 12.7. The fourth-order valence-corrected chi connectivity index (χ4v) is 5.35. The van der Waals surface area contributed by atoms with Crippen molar-refractivity contribution >= 4 is 23.4 Å². The molecule has 2 unspecified atom stereocenters. The highest BCUT2D eigenvalue weighted by molar-refractivity contribution is 6.19. The van der Waals surface area contributed by atoms with Crippen LogP contribution in [-0.2, 0) is 11.3 Å². The van der Waals surface area contributed by atoms with Gasteiger partial charge in [-0.15, -0.1) is 0 Å². The second-order valence-electron chi connectivity index (χ2n) is 9.92. The number of pyridine rings is 2. The highest BCUT2D eigenvalue weighted by Crippen LogP contribution is 2.36. The number of methoxy groups -OCH3 is 1. The number of rotatable bonds is 7. The highest BCUT2D eigenvalue weighted by atomic mass is 19.4. The molecule has 2 aromatic rings. The zero-order chi connectivity index (χ0) is 27.9. The predicted molar refractivity (Wildman–Crippen MR) is 143 cm³/mol. The molecule has 3 fully saturated rings. The van der Waals surface area contributed by atoms with Crippen molar-refractivity contribution in [1.82, 2.24) is 25.6 Å². The number of dihydropyridines is 1. The van der Waals surface area contributed by atoms with Gasteiger partial charge in [-0.05, 0) is 30.2 Å². The Kier molecular flexibility index (Phi) is 6.66. The van der Waals surface area contributed by atoms with E-state index in [1.807, 2.05) is 30.5 Å². The summed E-state index contributed by atoms with van der Waals surface area (Å²) in [7, 11) is 1.60. The van der Waals surface area contributed by atoms with Crippen molar-refractivity contribution in [3.8, 4) is 5.88 Å². The molecular weight excluding hydrogens is 525 g/mol. The zero-order valence-corrected chi connectivity index (χ0v) is 21.6. The van der Waals surface area contributed by atoms with Gasteiger partial charge in [0.2, 0.25) is 5.88 Å². The van der Waals surface area contributed by atoms with E-state index in [4.69, 9.17) is 19.9 Å². The number of hydrogen-bond donors (Lipinski definition) is 3. The van der Waals surface area contributed by atoms with Crippen LogP contribution in [0.15, 0.2) is 71.1 Å². The molecule has 7 rings (SSSR count). The summed E-state index contributed by atoms with van der Waals surface area (Å²) in [6.45, 7) is 1.13. The largest absolute Gasteiger partial charge is 0.483 e. The van der Waals surface area contributed by atoms with Crippen LogP contribution in [0, 0.1) is 5.41 Å². The van der Waals surface area contributed by atoms with Crippen molar-refractivity contribution < 1.29 is 22.6 Å². The molecule has 0 amide bonds. The van der Waals surface area contributed by atoms with E-state index in [0.29, 0.717) is 40.4 Å². The van der Waals surface area contributed by atoms with E-state index < -0.39 is 12.8 Å². The van der Waals surface area contributed by atoms with Gasteiger partial charge in [0.05, 0.1) is 24.6 Å². The Balaban J connectivity index is 1.17. The number of halogens is 3. The molecule has 5 aliphatic rings. The van der Waals surface area contributed by atoms with E-state index >= 15 is 0 Å². The molecule has 13 heteroatoms. The summed E-state index contributed by atoms with van der Waals surface area (Å²) in [6.07, 6.45) is 4.57. The Morgan fingerprint density at radius 2 is 1.93 bits per heavy atom. The number of nitrogens with zero attached hydrogens (tertiary/aromatic N) is 5. The number of piperidine rings is 1. The van der Waals surface area contributed by atoms with Crippen molar-refractivity contribution in [2.75, 3.05) is 31.7 Å². The topological polar surface area (TPSA) is 111 Å². The molecule has 10 nitrogen and oxygen atoms in total. The first-order chi connectivity index (χ1) is 19.3. The van der Waals surface area contributed by atoms with Gasteiger partial charge in [0.15, 0.2) is 6.61 Å². The number of anilines is 1. The van der Waals surface area contributed by atoms with E-state index in [1.165, 1.54) is 18.5 Å². The Hall–Kier alpha value is -4.39. The Labute approximate surface area is 228 Å². The van der Waals surface area contributed by atoms with Crippen molar-refractivity contribution in [3.05, 3.63) is 77.1 Å². The lowest BCUT2D eigenvalue weighted by Crippen LogP contribution is -2.68. The number of alkyl halides is 3. The Bertz CT molecular complexity index is 1400. The van der Waals surface area contributed by atoms with Gasteiger partial charge < -0.3 is 19.7 Å². The van der Waals surface area contributed by atoms with Crippen LogP contribution in [0.4, 0.5) is 19.0 Å². The van der Waals surface area contributed by atoms with Gasteiger partial charge in [0.1, 0.15) is 17.4 Å². The molecule has 0 saturated carbocycles. The minimum Gasteiger partial charge on any atom is -0.483 e. The molecule has 0 aliphatic carbocycles. The molecule has 5 aliphatic heterocycles. The standard InChI is InChI=1S/C27H27F3N8O2/c1-39-24-5-2-16(8-33-24)12-38-18-6-19(38)14-37(13-18)23-4-3-17(9-32-23)21-7-20(40-15-27(28,29)30)10-34-25(21)22-11-35-36-26(22)31/h2-5,7-11,18-19,34H,6,12-15H2,1H3,(H2,31,36)/b25-22-. The molecule has 7 heterocycles. The number of ether oxygens (including phenoxy) is 2. The van der Waals surface area contributed by atoms with Crippen molar-refractivity contribution in [2.45, 2.75) is 31.2 Å². The molecule has 2 atom stereocenters. The van der Waals surface area contributed by atoms with Gasteiger partial charge in [0.25, 0.3) is 0 Å². The smallest absolute Gasteiger partial charge is 0.422 e. The van der Waals surface area contributed by atoms with Gasteiger partial charge in [0, 0.05) is 67.5 Å². The lowest BCUT2D eigenvalue weighted by molar-refractivity contribution is -0.163. The molecule has 2 bridgehead atoms. The minimum absolute atomic E-state index is 0.0263. The van der Waals surface area contributed by atoms with Crippen molar-refractivity contribution in [3.63, 3.8) is 0 Å². The highest BCUT2D eigenvalue weighted by Gasteiger charge is 2.44. The number of allylic oxidation sites excluding steroid dienone is 2. The summed E-state index contributed by atoms with van der Waals surface area (Å²) >= 11 is 0. The maximum Gasteiger partial charge on any atom is 0.422 e. The van der Waals surface area contributed by atoms with Crippen LogP contribution in [0.1, 0.15) is 17.5 Å². The fourth-order valence-electron chi connectivity index (χ4n) is 5.35. The first-order valence-corrected chi connectivity index (χ1v) is 12.7. The first kappa shape index (κ1) is 25.9. The average molecular weight is 553 g/mol. The predicted octanol–water partition coefficient (Wildman–Crippen LogP) is 3.18. The van der Waals surface area contributed by atoms with Crippen LogP contribution in [0.5, 0.6) is 5.88 Å². The average Bonchev–Trinajstić information content (AvgIpc) is 3.40. The molecule has 208 valence electrons. The van der Waals surface area contributed by atoms with Gasteiger partial charge in [-0.25, -0.2) is 9.97 Å². The normalized spacial score (nSPS) is 24.1. The van der Waals surface area contributed by atoms with Crippen molar-refractivity contribution in [1.29, 1.82) is 5.41 Å². The summed E-state index contributed by atoms with van der Waals surface area (Å²) in [5.41, 5.74) is 5.94. The van der Waals surface area contributed by atoms with E-state index in [1.54, 1.807) is 13.3 Å². The lowest BCUT2D eigenvalue weighted by Gasteiger charge is -2.56. The number of nitrogens with one attached hydrogen (secondary N) is 3. The van der Waals surface area contributed by atoms with Crippen LogP contribution in [0.25, 0.3) is 5.57 Å². The second kappa shape index (κ2) is 10.3. The lowest BCUT2D eigenvalue weighted by atomic mass is 9.87. The maximum atomic E-state index is 12.7. The summed E-state index contributed by atoms with van der Waals surface area (Å²) in [6, 6.07) is 8.56. The van der Waals surface area contributed by atoms with Crippen LogP contribution in [0.2, 0.25) is 0 Å². The number of aromatic nitrogens is 2. The van der Waals surface area contributed by atoms with E-state index in [0.717, 1.165) is 37.4 Å². The Morgan fingerprint density at radius 3 is 2.55 bits per heavy atom. The number of amidine groups is 1. The third-order valence-electron chi connectivity index (χ3n) is 7.33. The van der Waals surface area contributed by atoms with Crippen LogP contribution in [0.3, 0.4) is 0 Å². The van der Waals surface area contributed by atoms with Gasteiger partial charge in [-0.2, -0.15) is 18.3 Å². The fraction of sp³-hybridized carbons (Fsp3) is 0.333. The molecule has 3 saturated heterocycles. The van der Waals surface area contributed by atoms with E-state index in [-0.39, 0.29) is 11.6 Å². The van der Waals surface area contributed by atoms with Crippen molar-refractivity contribution in [2.24, 2.45) is 5.10 Å². The molecular formula is C27H27F3N8O2. The van der Waals surface area contributed by atoms with E-state index in [2.05, 4.69) is 30.6 Å². The second-order valence-corrected chi connectivity index (χ2v) is 9.92. The first-order valence-electron chi connectivity index (χ1n) is 12.7. The molecule has 0 aromatic carbocycles. The summed E-state index contributed by atoms with van der Waals surface area (Å²) in [4.78, 5) is 13.8. The zero-order valence-electron chi connectivity index (χ0n) is 21.6. The number of fused-ring (bicyclic) bond motifs is 2. The third-order valence-corrected chi connectivity index (χ3v) is 7.33. The van der Waals surface area contributed by atoms with Gasteiger partial charge in [-0.3, -0.25) is 15.7 Å². The monoisotopic (exact) mass is 552 g/mol. The Morgan fingerprint density at radius 1 is 1.10 bits per heavy atom. The molecule has 0 spiro atoms. The quantitative estimate of drug-likeness (QED) is 0.481. The van der Waals surface area contributed by atoms with Crippen LogP contribution < -0.4 is 20.4 Å². The molecule has 3 N–H and O–H groups in total.